The van der Waals surface area contributed by atoms with Crippen LogP contribution in [-0.4, -0.2) is 28.2 Å². The fourth-order valence-electron chi connectivity index (χ4n) is 2.55. The molecule has 1 aromatic rings. The summed E-state index contributed by atoms with van der Waals surface area (Å²) < 4.78 is 0. The Balaban J connectivity index is 2.27. The van der Waals surface area contributed by atoms with Gasteiger partial charge in [-0.3, -0.25) is 24.6 Å². The number of benzene rings is 1. The summed E-state index contributed by atoms with van der Waals surface area (Å²) in [5, 5.41) is 10.6. The van der Waals surface area contributed by atoms with Gasteiger partial charge in [0.25, 0.3) is 11.6 Å². The normalized spacial score (nSPS) is 18.1. The Hall–Kier alpha value is -1.95. The number of amides is 2. The van der Waals surface area contributed by atoms with Gasteiger partial charge in [0.1, 0.15) is 5.02 Å². The third-order valence-corrected chi connectivity index (χ3v) is 3.95. The molecule has 2 amide bonds. The van der Waals surface area contributed by atoms with Gasteiger partial charge in [-0.05, 0) is 18.4 Å². The lowest BCUT2D eigenvalue weighted by atomic mass is 10.0. The van der Waals surface area contributed by atoms with Crippen molar-refractivity contribution in [1.29, 1.82) is 0 Å². The van der Waals surface area contributed by atoms with Crippen LogP contribution in [0.1, 0.15) is 36.5 Å². The standard InChI is InChI=1S/C14H15ClN2O4/c1-2-4-9-7-12(18)16(8-9)14(19)10-5-3-6-11(13(10)15)17(20)21/h3,5-6,9H,2,4,7-8H2,1H3. The molecule has 7 heteroatoms. The fraction of sp³-hybridized carbons (Fsp3) is 0.429. The first-order chi connectivity index (χ1) is 9.95. The summed E-state index contributed by atoms with van der Waals surface area (Å²) >= 11 is 5.92. The molecule has 2 rings (SSSR count). The largest absolute Gasteiger partial charge is 0.288 e. The molecule has 1 saturated heterocycles. The van der Waals surface area contributed by atoms with E-state index in [1.807, 2.05) is 6.92 Å². The van der Waals surface area contributed by atoms with Crippen LogP contribution < -0.4 is 0 Å². The number of imide groups is 1. The van der Waals surface area contributed by atoms with Gasteiger partial charge in [0.15, 0.2) is 0 Å². The minimum Gasteiger partial charge on any atom is -0.278 e. The summed E-state index contributed by atoms with van der Waals surface area (Å²) in [4.78, 5) is 35.7. The molecule has 1 fully saturated rings. The number of hydrogen-bond acceptors (Lipinski definition) is 4. The number of nitrogens with zero attached hydrogens (tertiary/aromatic N) is 2. The van der Waals surface area contributed by atoms with Crippen LogP contribution in [0.25, 0.3) is 0 Å². The van der Waals surface area contributed by atoms with Gasteiger partial charge in [-0.1, -0.05) is 31.0 Å². The number of likely N-dealkylation sites (tertiary alicyclic amines) is 1. The quantitative estimate of drug-likeness (QED) is 0.486. The molecule has 0 saturated carbocycles. The van der Waals surface area contributed by atoms with Gasteiger partial charge in [-0.25, -0.2) is 0 Å². The van der Waals surface area contributed by atoms with Crippen molar-refractivity contribution in [3.8, 4) is 0 Å². The molecule has 0 radical (unpaired) electrons. The van der Waals surface area contributed by atoms with Crippen LogP contribution in [0.3, 0.4) is 0 Å². The van der Waals surface area contributed by atoms with E-state index in [1.54, 1.807) is 0 Å². The van der Waals surface area contributed by atoms with E-state index in [4.69, 9.17) is 11.6 Å². The molecule has 0 bridgehead atoms. The van der Waals surface area contributed by atoms with Crippen LogP contribution >= 0.6 is 11.6 Å². The minimum atomic E-state index is -0.648. The zero-order valence-electron chi connectivity index (χ0n) is 11.5. The average Bonchev–Trinajstić information content (AvgIpc) is 2.79. The summed E-state index contributed by atoms with van der Waals surface area (Å²) in [7, 11) is 0. The molecule has 1 aliphatic heterocycles. The van der Waals surface area contributed by atoms with Crippen LogP contribution in [-0.2, 0) is 4.79 Å². The maximum Gasteiger partial charge on any atom is 0.288 e. The van der Waals surface area contributed by atoms with Crippen molar-refractivity contribution in [3.63, 3.8) is 0 Å². The van der Waals surface area contributed by atoms with E-state index in [1.165, 1.54) is 18.2 Å². The van der Waals surface area contributed by atoms with E-state index < -0.39 is 10.8 Å². The van der Waals surface area contributed by atoms with E-state index in [-0.39, 0.29) is 28.1 Å². The maximum absolute atomic E-state index is 12.4. The molecule has 1 unspecified atom stereocenters. The zero-order valence-corrected chi connectivity index (χ0v) is 12.3. The van der Waals surface area contributed by atoms with Gasteiger partial charge < -0.3 is 0 Å². The highest BCUT2D eigenvalue weighted by Gasteiger charge is 2.35. The van der Waals surface area contributed by atoms with Crippen molar-refractivity contribution in [3.05, 3.63) is 38.9 Å². The predicted molar refractivity (Wildman–Crippen MR) is 77.2 cm³/mol. The SMILES string of the molecule is CCCC1CC(=O)N(C(=O)c2cccc([N+](=O)[O-])c2Cl)C1. The summed E-state index contributed by atoms with van der Waals surface area (Å²) in [6, 6.07) is 4.02. The van der Waals surface area contributed by atoms with Crippen LogP contribution in [0.15, 0.2) is 18.2 Å². The molecular formula is C14H15ClN2O4. The molecule has 0 aromatic heterocycles. The molecule has 112 valence electrons. The highest BCUT2D eigenvalue weighted by molar-refractivity contribution is 6.36. The third kappa shape index (κ3) is 3.05. The monoisotopic (exact) mass is 310 g/mol. The van der Waals surface area contributed by atoms with E-state index in [2.05, 4.69) is 0 Å². The fourth-order valence-corrected chi connectivity index (χ4v) is 2.83. The number of halogens is 1. The molecule has 1 aliphatic rings. The number of nitro benzene ring substituents is 1. The van der Waals surface area contributed by atoms with Crippen molar-refractivity contribution >= 4 is 29.1 Å². The van der Waals surface area contributed by atoms with E-state index >= 15 is 0 Å². The van der Waals surface area contributed by atoms with Gasteiger partial charge in [0, 0.05) is 19.0 Å². The van der Waals surface area contributed by atoms with E-state index in [0.29, 0.717) is 13.0 Å². The highest BCUT2D eigenvalue weighted by Crippen LogP contribution is 2.31. The lowest BCUT2D eigenvalue weighted by molar-refractivity contribution is -0.384. The van der Waals surface area contributed by atoms with Gasteiger partial charge in [0.05, 0.1) is 10.5 Å². The molecule has 0 spiro atoms. The predicted octanol–water partition coefficient (Wildman–Crippen LogP) is 3.04. The first-order valence-electron chi connectivity index (χ1n) is 6.73. The molecule has 6 nitrogen and oxygen atoms in total. The Morgan fingerprint density at radius 3 is 2.86 bits per heavy atom. The second kappa shape index (κ2) is 6.22. The Kier molecular flexibility index (Phi) is 4.57. The van der Waals surface area contributed by atoms with Crippen molar-refractivity contribution in [2.75, 3.05) is 6.54 Å². The Bertz CT molecular complexity index is 603. The van der Waals surface area contributed by atoms with E-state index in [9.17, 15) is 19.7 Å². The maximum atomic E-state index is 12.4. The number of nitro groups is 1. The Labute approximate surface area is 126 Å². The van der Waals surface area contributed by atoms with Crippen LogP contribution in [0.2, 0.25) is 5.02 Å². The van der Waals surface area contributed by atoms with Gasteiger partial charge in [0.2, 0.25) is 5.91 Å². The first-order valence-corrected chi connectivity index (χ1v) is 7.11. The number of hydrogen-bond donors (Lipinski definition) is 0. The molecule has 1 aromatic carbocycles. The van der Waals surface area contributed by atoms with Crippen molar-refractivity contribution < 1.29 is 14.5 Å². The van der Waals surface area contributed by atoms with Crippen molar-refractivity contribution in [2.45, 2.75) is 26.2 Å². The second-order valence-electron chi connectivity index (χ2n) is 5.06. The van der Waals surface area contributed by atoms with E-state index in [0.717, 1.165) is 17.7 Å². The third-order valence-electron chi connectivity index (χ3n) is 3.55. The highest BCUT2D eigenvalue weighted by atomic mass is 35.5. The summed E-state index contributed by atoms with van der Waals surface area (Å²) in [5.41, 5.74) is -0.337. The van der Waals surface area contributed by atoms with Crippen molar-refractivity contribution in [1.82, 2.24) is 4.90 Å². The summed E-state index contributed by atoms with van der Waals surface area (Å²) in [6.07, 6.45) is 2.15. The lowest BCUT2D eigenvalue weighted by Gasteiger charge is -2.15. The Morgan fingerprint density at radius 2 is 2.24 bits per heavy atom. The number of rotatable bonds is 4. The lowest BCUT2D eigenvalue weighted by Crippen LogP contribution is -2.32. The second-order valence-corrected chi connectivity index (χ2v) is 5.44. The molecule has 1 heterocycles. The number of carbonyl (C=O) groups is 2. The summed E-state index contributed by atoms with van der Waals surface area (Å²) in [5.74, 6) is -0.655. The molecular weight excluding hydrogens is 296 g/mol. The van der Waals surface area contributed by atoms with Crippen LogP contribution in [0.4, 0.5) is 5.69 Å². The van der Waals surface area contributed by atoms with Crippen LogP contribution in [0.5, 0.6) is 0 Å². The number of carbonyl (C=O) groups excluding carboxylic acids is 2. The van der Waals surface area contributed by atoms with Gasteiger partial charge >= 0.3 is 0 Å². The Morgan fingerprint density at radius 1 is 1.52 bits per heavy atom. The average molecular weight is 311 g/mol. The molecule has 1 atom stereocenters. The minimum absolute atomic E-state index is 0.00337. The smallest absolute Gasteiger partial charge is 0.278 e. The first kappa shape index (κ1) is 15.4. The van der Waals surface area contributed by atoms with Gasteiger partial charge in [-0.2, -0.15) is 0 Å². The molecule has 0 aliphatic carbocycles. The topological polar surface area (TPSA) is 80.5 Å². The molecule has 0 N–H and O–H groups in total. The molecule has 21 heavy (non-hydrogen) atoms. The van der Waals surface area contributed by atoms with Crippen LogP contribution in [0, 0.1) is 16.0 Å². The van der Waals surface area contributed by atoms with Crippen molar-refractivity contribution in [2.24, 2.45) is 5.92 Å². The summed E-state index contributed by atoms with van der Waals surface area (Å²) in [6.45, 7) is 2.37. The zero-order chi connectivity index (χ0) is 15.6. The van der Waals surface area contributed by atoms with Gasteiger partial charge in [-0.15, -0.1) is 0 Å².